The van der Waals surface area contributed by atoms with E-state index in [0.29, 0.717) is 23.9 Å². The molecule has 1 atom stereocenters. The quantitative estimate of drug-likeness (QED) is 0.637. The van der Waals surface area contributed by atoms with E-state index in [1.54, 1.807) is 6.20 Å². The number of nitrogens with one attached hydrogen (secondary N) is 1. The van der Waals surface area contributed by atoms with E-state index in [2.05, 4.69) is 21.3 Å². The minimum atomic E-state index is 0.122. The van der Waals surface area contributed by atoms with E-state index in [0.717, 1.165) is 42.1 Å². The summed E-state index contributed by atoms with van der Waals surface area (Å²) in [6.45, 7) is 4.02. The fourth-order valence-corrected chi connectivity index (χ4v) is 3.78. The Labute approximate surface area is 174 Å². The third-order valence-electron chi connectivity index (χ3n) is 5.03. The number of hydrogen-bond acceptors (Lipinski definition) is 5. The van der Waals surface area contributed by atoms with Gasteiger partial charge in [0.25, 0.3) is 0 Å². The molecule has 4 rings (SSSR count). The molecule has 0 radical (unpaired) electrons. The molecule has 1 amide bonds. The van der Waals surface area contributed by atoms with Gasteiger partial charge < -0.3 is 9.73 Å². The molecule has 6 nitrogen and oxygen atoms in total. The minimum absolute atomic E-state index is 0.122. The third-order valence-corrected chi connectivity index (χ3v) is 5.27. The van der Waals surface area contributed by atoms with Crippen molar-refractivity contribution in [1.29, 1.82) is 0 Å². The van der Waals surface area contributed by atoms with Gasteiger partial charge in [-0.25, -0.2) is 4.98 Å². The molecular formula is C22H23ClN4O2. The first-order valence-electron chi connectivity index (χ1n) is 9.69. The second kappa shape index (κ2) is 8.76. The summed E-state index contributed by atoms with van der Waals surface area (Å²) in [5.41, 5.74) is 2.86. The molecule has 0 bridgehead atoms. The normalized spacial score (nSPS) is 16.4. The van der Waals surface area contributed by atoms with Crippen LogP contribution in [0.15, 0.2) is 53.2 Å². The van der Waals surface area contributed by atoms with Gasteiger partial charge in [-0.05, 0) is 43.2 Å². The van der Waals surface area contributed by atoms with Crippen LogP contribution >= 0.6 is 11.6 Å². The topological polar surface area (TPSA) is 71.3 Å². The van der Waals surface area contributed by atoms with E-state index in [1.807, 2.05) is 43.5 Å². The van der Waals surface area contributed by atoms with Crippen molar-refractivity contribution in [3.63, 3.8) is 0 Å². The molecule has 1 aliphatic rings. The number of hydrogen-bond donors (Lipinski definition) is 1. The van der Waals surface area contributed by atoms with Crippen LogP contribution in [-0.2, 0) is 17.9 Å². The zero-order valence-electron chi connectivity index (χ0n) is 16.3. The molecular weight excluding hydrogens is 388 g/mol. The molecule has 1 saturated heterocycles. The average Bonchev–Trinajstić information content (AvgIpc) is 3.28. The Morgan fingerprint density at radius 2 is 2.17 bits per heavy atom. The van der Waals surface area contributed by atoms with Gasteiger partial charge in [0.1, 0.15) is 5.76 Å². The van der Waals surface area contributed by atoms with Gasteiger partial charge in [-0.2, -0.15) is 0 Å². The number of pyridine rings is 1. The lowest BCUT2D eigenvalue weighted by Gasteiger charge is -2.24. The van der Waals surface area contributed by atoms with Gasteiger partial charge in [0.15, 0.2) is 0 Å². The van der Waals surface area contributed by atoms with E-state index in [-0.39, 0.29) is 11.9 Å². The fourth-order valence-electron chi connectivity index (χ4n) is 3.59. The van der Waals surface area contributed by atoms with Crippen LogP contribution in [0.25, 0.3) is 11.5 Å². The van der Waals surface area contributed by atoms with E-state index >= 15 is 0 Å². The summed E-state index contributed by atoms with van der Waals surface area (Å²) >= 11 is 6.10. The molecule has 0 spiro atoms. The van der Waals surface area contributed by atoms with Gasteiger partial charge in [-0.15, -0.1) is 0 Å². The van der Waals surface area contributed by atoms with Crippen LogP contribution in [0.2, 0.25) is 5.02 Å². The Kier molecular flexibility index (Phi) is 5.92. The number of amides is 1. The summed E-state index contributed by atoms with van der Waals surface area (Å²) < 4.78 is 5.92. The molecule has 29 heavy (non-hydrogen) atoms. The van der Waals surface area contributed by atoms with E-state index in [1.165, 1.54) is 0 Å². The first-order valence-corrected chi connectivity index (χ1v) is 10.1. The first kappa shape index (κ1) is 19.6. The van der Waals surface area contributed by atoms with E-state index < -0.39 is 0 Å². The maximum atomic E-state index is 11.6. The number of rotatable bonds is 7. The summed E-state index contributed by atoms with van der Waals surface area (Å²) in [5.74, 6) is 1.47. The molecule has 0 saturated carbocycles. The lowest BCUT2D eigenvalue weighted by atomic mass is 10.2. The standard InChI is InChI=1S/C22H23ClN4O2/c1-15-20(26-22(29-15)17-5-2-6-18(23)10-17)14-27(12-16-4-3-9-24-11-16)13-19-7-8-21(28)25-19/h2-6,9-11,19H,7-8,12-14H2,1H3,(H,25,28)/t19-/m0/s1. The van der Waals surface area contributed by atoms with Crippen LogP contribution in [0.1, 0.15) is 29.9 Å². The number of halogens is 1. The van der Waals surface area contributed by atoms with Crippen molar-refractivity contribution in [3.8, 4) is 11.5 Å². The highest BCUT2D eigenvalue weighted by Crippen LogP contribution is 2.25. The first-order chi connectivity index (χ1) is 14.1. The molecule has 7 heteroatoms. The molecule has 1 fully saturated rings. The summed E-state index contributed by atoms with van der Waals surface area (Å²) in [6, 6.07) is 11.6. The van der Waals surface area contributed by atoms with E-state index in [4.69, 9.17) is 21.0 Å². The number of benzene rings is 1. The van der Waals surface area contributed by atoms with Crippen molar-refractivity contribution >= 4 is 17.5 Å². The number of carbonyl (C=O) groups is 1. The zero-order chi connectivity index (χ0) is 20.2. The Morgan fingerprint density at radius 3 is 2.90 bits per heavy atom. The third kappa shape index (κ3) is 5.02. The molecule has 1 aliphatic heterocycles. The molecule has 3 aromatic rings. The molecule has 2 aromatic heterocycles. The van der Waals surface area contributed by atoms with Crippen molar-refractivity contribution in [2.24, 2.45) is 0 Å². The highest BCUT2D eigenvalue weighted by molar-refractivity contribution is 6.30. The van der Waals surface area contributed by atoms with Gasteiger partial charge in [0.05, 0.1) is 5.69 Å². The molecule has 3 heterocycles. The Morgan fingerprint density at radius 1 is 1.28 bits per heavy atom. The Bertz CT molecular complexity index is 989. The molecule has 1 N–H and O–H groups in total. The van der Waals surface area contributed by atoms with Gasteiger partial charge in [-0.3, -0.25) is 14.7 Å². The number of carbonyl (C=O) groups excluding carboxylic acids is 1. The van der Waals surface area contributed by atoms with Crippen molar-refractivity contribution in [2.45, 2.75) is 38.9 Å². The highest BCUT2D eigenvalue weighted by atomic mass is 35.5. The molecule has 0 aliphatic carbocycles. The predicted octanol–water partition coefficient (Wildman–Crippen LogP) is 3.98. The maximum absolute atomic E-state index is 11.6. The van der Waals surface area contributed by atoms with Crippen LogP contribution in [0, 0.1) is 6.92 Å². The second-order valence-corrected chi connectivity index (χ2v) is 7.80. The largest absolute Gasteiger partial charge is 0.441 e. The lowest BCUT2D eigenvalue weighted by molar-refractivity contribution is -0.119. The van der Waals surface area contributed by atoms with Crippen molar-refractivity contribution in [3.05, 3.63) is 70.8 Å². The van der Waals surface area contributed by atoms with Crippen molar-refractivity contribution in [1.82, 2.24) is 20.2 Å². The molecule has 150 valence electrons. The predicted molar refractivity (Wildman–Crippen MR) is 111 cm³/mol. The monoisotopic (exact) mass is 410 g/mol. The summed E-state index contributed by atoms with van der Waals surface area (Å²) in [4.78, 5) is 22.8. The molecule has 0 unspecified atom stereocenters. The summed E-state index contributed by atoms with van der Waals surface area (Å²) in [6.07, 6.45) is 5.08. The van der Waals surface area contributed by atoms with Crippen LogP contribution in [0.3, 0.4) is 0 Å². The maximum Gasteiger partial charge on any atom is 0.226 e. The fraction of sp³-hybridized carbons (Fsp3) is 0.318. The average molecular weight is 411 g/mol. The number of nitrogens with zero attached hydrogens (tertiary/aromatic N) is 3. The lowest BCUT2D eigenvalue weighted by Crippen LogP contribution is -2.38. The molecule has 1 aromatic carbocycles. The van der Waals surface area contributed by atoms with Gasteiger partial charge in [-0.1, -0.05) is 23.7 Å². The zero-order valence-corrected chi connectivity index (χ0v) is 17.0. The van der Waals surface area contributed by atoms with E-state index in [9.17, 15) is 4.79 Å². The van der Waals surface area contributed by atoms with Gasteiger partial charge in [0.2, 0.25) is 11.8 Å². The Hall–Kier alpha value is -2.70. The van der Waals surface area contributed by atoms with Gasteiger partial charge >= 0.3 is 0 Å². The summed E-state index contributed by atoms with van der Waals surface area (Å²) in [5, 5.41) is 3.70. The number of aromatic nitrogens is 2. The van der Waals surface area contributed by atoms with Gasteiger partial charge in [0, 0.05) is 55.1 Å². The summed E-state index contributed by atoms with van der Waals surface area (Å²) in [7, 11) is 0. The SMILES string of the molecule is Cc1oc(-c2cccc(Cl)c2)nc1CN(Cc1cccnc1)C[C@@H]1CCC(=O)N1. The van der Waals surface area contributed by atoms with Crippen LogP contribution in [0.4, 0.5) is 0 Å². The highest BCUT2D eigenvalue weighted by Gasteiger charge is 2.24. The number of oxazole rings is 1. The van der Waals surface area contributed by atoms with Crippen LogP contribution < -0.4 is 5.32 Å². The van der Waals surface area contributed by atoms with Crippen LogP contribution in [-0.4, -0.2) is 33.4 Å². The van der Waals surface area contributed by atoms with Crippen LogP contribution in [0.5, 0.6) is 0 Å². The second-order valence-electron chi connectivity index (χ2n) is 7.37. The van der Waals surface area contributed by atoms with Crippen molar-refractivity contribution in [2.75, 3.05) is 6.54 Å². The minimum Gasteiger partial charge on any atom is -0.441 e. The number of aryl methyl sites for hydroxylation is 1. The Balaban J connectivity index is 1.54. The smallest absolute Gasteiger partial charge is 0.226 e. The van der Waals surface area contributed by atoms with Crippen molar-refractivity contribution < 1.29 is 9.21 Å².